The summed E-state index contributed by atoms with van der Waals surface area (Å²) in [7, 11) is 0. The lowest BCUT2D eigenvalue weighted by Gasteiger charge is -2.26. The number of thioether (sulfide) groups is 1. The lowest BCUT2D eigenvalue weighted by atomic mass is 9.95. The van der Waals surface area contributed by atoms with Crippen LogP contribution in [0.3, 0.4) is 0 Å². The Kier molecular flexibility index (Phi) is 3.72. The van der Waals surface area contributed by atoms with Crippen molar-refractivity contribution in [3.8, 4) is 0 Å². The average Bonchev–Trinajstić information content (AvgIpc) is 2.05. The molecule has 3 nitrogen and oxygen atoms in total. The summed E-state index contributed by atoms with van der Waals surface area (Å²) in [4.78, 5) is 10.3. The SMILES string of the molecule is CS[C@H]1CC[C@H](NC(=O)O)CC1. The van der Waals surface area contributed by atoms with Crippen LogP contribution in [0, 0.1) is 0 Å². The molecule has 0 spiro atoms. The molecule has 0 heterocycles. The normalized spacial score (nSPS) is 29.8. The molecule has 1 aliphatic carbocycles. The number of hydrogen-bond acceptors (Lipinski definition) is 2. The Labute approximate surface area is 76.9 Å². The topological polar surface area (TPSA) is 49.3 Å². The molecule has 0 aromatic heterocycles. The van der Waals surface area contributed by atoms with E-state index in [9.17, 15) is 4.79 Å². The zero-order valence-corrected chi connectivity index (χ0v) is 8.06. The molecule has 0 bridgehead atoms. The number of rotatable bonds is 2. The molecule has 1 aliphatic rings. The summed E-state index contributed by atoms with van der Waals surface area (Å²) in [6.45, 7) is 0. The molecule has 12 heavy (non-hydrogen) atoms. The second kappa shape index (κ2) is 4.60. The Hall–Kier alpha value is -0.380. The molecule has 0 unspecified atom stereocenters. The smallest absolute Gasteiger partial charge is 0.404 e. The number of hydrogen-bond donors (Lipinski definition) is 2. The quantitative estimate of drug-likeness (QED) is 0.697. The second-order valence-corrected chi connectivity index (χ2v) is 4.30. The van der Waals surface area contributed by atoms with E-state index >= 15 is 0 Å². The van der Waals surface area contributed by atoms with Crippen molar-refractivity contribution in [2.45, 2.75) is 37.0 Å². The standard InChI is InChI=1S/C8H15NO2S/c1-12-7-4-2-6(3-5-7)9-8(10)11/h6-7,9H,2-5H2,1H3,(H,10,11)/t6-,7-. The molecule has 0 saturated heterocycles. The van der Waals surface area contributed by atoms with Crippen molar-refractivity contribution in [3.63, 3.8) is 0 Å². The molecule has 0 aromatic rings. The first-order valence-electron chi connectivity index (χ1n) is 4.24. The molecule has 1 fully saturated rings. The second-order valence-electron chi connectivity index (χ2n) is 3.16. The summed E-state index contributed by atoms with van der Waals surface area (Å²) in [5.41, 5.74) is 0. The van der Waals surface area contributed by atoms with E-state index in [-0.39, 0.29) is 6.04 Å². The van der Waals surface area contributed by atoms with Crippen LogP contribution < -0.4 is 5.32 Å². The molecular formula is C8H15NO2S. The summed E-state index contributed by atoms with van der Waals surface area (Å²) < 4.78 is 0. The van der Waals surface area contributed by atoms with Gasteiger partial charge in [0.25, 0.3) is 0 Å². The van der Waals surface area contributed by atoms with Crippen molar-refractivity contribution < 1.29 is 9.90 Å². The first-order valence-corrected chi connectivity index (χ1v) is 5.53. The van der Waals surface area contributed by atoms with Crippen LogP contribution in [0.15, 0.2) is 0 Å². The predicted molar refractivity (Wildman–Crippen MR) is 50.7 cm³/mol. The van der Waals surface area contributed by atoms with Gasteiger partial charge < -0.3 is 10.4 Å². The molecule has 0 radical (unpaired) electrons. The highest BCUT2D eigenvalue weighted by Crippen LogP contribution is 2.26. The van der Waals surface area contributed by atoms with Crippen LogP contribution in [0.2, 0.25) is 0 Å². The summed E-state index contributed by atoms with van der Waals surface area (Å²) in [5.74, 6) is 0. The predicted octanol–water partition coefficient (Wildman–Crippen LogP) is 1.93. The van der Waals surface area contributed by atoms with Crippen molar-refractivity contribution in [1.29, 1.82) is 0 Å². The van der Waals surface area contributed by atoms with E-state index in [2.05, 4.69) is 11.6 Å². The molecular weight excluding hydrogens is 174 g/mol. The molecule has 4 heteroatoms. The third-order valence-corrected chi connectivity index (χ3v) is 3.47. The fraction of sp³-hybridized carbons (Fsp3) is 0.875. The Morgan fingerprint density at radius 1 is 1.42 bits per heavy atom. The van der Waals surface area contributed by atoms with E-state index in [4.69, 9.17) is 5.11 Å². The third-order valence-electron chi connectivity index (χ3n) is 2.34. The van der Waals surface area contributed by atoms with Crippen LogP contribution in [0.5, 0.6) is 0 Å². The number of nitrogens with one attached hydrogen (secondary N) is 1. The van der Waals surface area contributed by atoms with Gasteiger partial charge in [-0.2, -0.15) is 11.8 Å². The van der Waals surface area contributed by atoms with Gasteiger partial charge in [-0.25, -0.2) is 4.79 Å². The lowest BCUT2D eigenvalue weighted by Crippen LogP contribution is -2.37. The highest BCUT2D eigenvalue weighted by molar-refractivity contribution is 7.99. The van der Waals surface area contributed by atoms with Crippen molar-refractivity contribution in [2.75, 3.05) is 6.26 Å². The van der Waals surface area contributed by atoms with Crippen LogP contribution in [-0.4, -0.2) is 28.7 Å². The molecule has 0 aromatic carbocycles. The van der Waals surface area contributed by atoms with Crippen LogP contribution in [-0.2, 0) is 0 Å². The van der Waals surface area contributed by atoms with Crippen LogP contribution in [0.25, 0.3) is 0 Å². The molecule has 70 valence electrons. The van der Waals surface area contributed by atoms with Crippen LogP contribution in [0.1, 0.15) is 25.7 Å². The van der Waals surface area contributed by atoms with Crippen molar-refractivity contribution in [3.05, 3.63) is 0 Å². The lowest BCUT2D eigenvalue weighted by molar-refractivity contribution is 0.186. The van der Waals surface area contributed by atoms with Crippen molar-refractivity contribution in [2.24, 2.45) is 0 Å². The highest BCUT2D eigenvalue weighted by Gasteiger charge is 2.21. The van der Waals surface area contributed by atoms with E-state index in [1.807, 2.05) is 11.8 Å². The molecule has 2 N–H and O–H groups in total. The van der Waals surface area contributed by atoms with E-state index in [1.54, 1.807) is 0 Å². The van der Waals surface area contributed by atoms with Crippen LogP contribution >= 0.6 is 11.8 Å². The molecule has 1 amide bonds. The Bertz CT molecular complexity index is 155. The minimum atomic E-state index is -0.886. The minimum Gasteiger partial charge on any atom is -0.465 e. The van der Waals surface area contributed by atoms with Gasteiger partial charge in [0.15, 0.2) is 0 Å². The van der Waals surface area contributed by atoms with E-state index in [0.717, 1.165) is 30.9 Å². The summed E-state index contributed by atoms with van der Waals surface area (Å²) in [6, 6.07) is 0.200. The summed E-state index contributed by atoms with van der Waals surface area (Å²) in [5, 5.41) is 11.8. The van der Waals surface area contributed by atoms with Crippen molar-refractivity contribution in [1.82, 2.24) is 5.32 Å². The van der Waals surface area contributed by atoms with Crippen LogP contribution in [0.4, 0.5) is 4.79 Å². The maximum absolute atomic E-state index is 10.3. The summed E-state index contributed by atoms with van der Waals surface area (Å²) in [6.07, 6.45) is 5.52. The Morgan fingerprint density at radius 3 is 2.42 bits per heavy atom. The fourth-order valence-electron chi connectivity index (χ4n) is 1.62. The maximum atomic E-state index is 10.3. The van der Waals surface area contributed by atoms with E-state index < -0.39 is 6.09 Å². The van der Waals surface area contributed by atoms with Gasteiger partial charge >= 0.3 is 6.09 Å². The number of amides is 1. The van der Waals surface area contributed by atoms with Gasteiger partial charge in [0, 0.05) is 11.3 Å². The maximum Gasteiger partial charge on any atom is 0.404 e. The van der Waals surface area contributed by atoms with Crippen molar-refractivity contribution >= 4 is 17.9 Å². The van der Waals surface area contributed by atoms with Gasteiger partial charge in [-0.1, -0.05) is 0 Å². The largest absolute Gasteiger partial charge is 0.465 e. The average molecular weight is 189 g/mol. The van der Waals surface area contributed by atoms with E-state index in [0.29, 0.717) is 0 Å². The fourth-order valence-corrected chi connectivity index (χ4v) is 2.36. The highest BCUT2D eigenvalue weighted by atomic mass is 32.2. The Balaban J connectivity index is 2.21. The minimum absolute atomic E-state index is 0.200. The monoisotopic (exact) mass is 189 g/mol. The van der Waals surface area contributed by atoms with E-state index in [1.165, 1.54) is 0 Å². The van der Waals surface area contributed by atoms with Gasteiger partial charge in [0.2, 0.25) is 0 Å². The summed E-state index contributed by atoms with van der Waals surface area (Å²) >= 11 is 1.89. The van der Waals surface area contributed by atoms with Gasteiger partial charge in [0.1, 0.15) is 0 Å². The third kappa shape index (κ3) is 2.93. The first-order chi connectivity index (χ1) is 5.72. The van der Waals surface area contributed by atoms with Gasteiger partial charge in [-0.05, 0) is 31.9 Å². The van der Waals surface area contributed by atoms with Gasteiger partial charge in [-0.15, -0.1) is 0 Å². The first kappa shape index (κ1) is 9.71. The zero-order valence-electron chi connectivity index (χ0n) is 7.25. The molecule has 1 rings (SSSR count). The zero-order chi connectivity index (χ0) is 8.97. The molecule has 0 aliphatic heterocycles. The van der Waals surface area contributed by atoms with Gasteiger partial charge in [0.05, 0.1) is 0 Å². The molecule has 1 saturated carbocycles. The number of carbonyl (C=O) groups is 1. The Morgan fingerprint density at radius 2 is 2.00 bits per heavy atom. The number of carboxylic acid groups (broad SMARTS) is 1. The molecule has 0 atom stereocenters. The van der Waals surface area contributed by atoms with Gasteiger partial charge in [-0.3, -0.25) is 0 Å².